The van der Waals surface area contributed by atoms with E-state index in [0.717, 1.165) is 23.3 Å². The lowest BCUT2D eigenvalue weighted by Gasteiger charge is -2.48. The lowest BCUT2D eigenvalue weighted by atomic mass is 9.75. The van der Waals surface area contributed by atoms with Crippen molar-refractivity contribution < 1.29 is 4.52 Å². The maximum Gasteiger partial charge on any atom is 0.159 e. The van der Waals surface area contributed by atoms with Crippen molar-refractivity contribution in [1.82, 2.24) is 10.1 Å². The van der Waals surface area contributed by atoms with E-state index in [1.54, 1.807) is 5.57 Å². The van der Waals surface area contributed by atoms with Crippen molar-refractivity contribution in [2.45, 2.75) is 58.9 Å². The van der Waals surface area contributed by atoms with Gasteiger partial charge in [0.15, 0.2) is 5.76 Å². The summed E-state index contributed by atoms with van der Waals surface area (Å²) in [6.45, 7) is 9.20. The van der Waals surface area contributed by atoms with Gasteiger partial charge in [-0.25, -0.2) is 0 Å². The number of rotatable bonds is 5. The van der Waals surface area contributed by atoms with Gasteiger partial charge in [-0.3, -0.25) is 4.90 Å². The highest BCUT2D eigenvalue weighted by atomic mass is 16.5. The minimum Gasteiger partial charge on any atom is -0.357 e. The Morgan fingerprint density at radius 2 is 2.05 bits per heavy atom. The first-order valence-electron chi connectivity index (χ1n) is 8.60. The predicted molar refractivity (Wildman–Crippen MR) is 86.0 cm³/mol. The average molecular weight is 288 g/mol. The summed E-state index contributed by atoms with van der Waals surface area (Å²) in [5.41, 5.74) is 2.58. The van der Waals surface area contributed by atoms with Crippen LogP contribution in [0.3, 0.4) is 0 Å². The smallest absolute Gasteiger partial charge is 0.159 e. The third-order valence-electron chi connectivity index (χ3n) is 5.49. The minimum atomic E-state index is 0.632. The Kier molecular flexibility index (Phi) is 4.48. The fraction of sp³-hybridized carbons (Fsp3) is 0.722. The Hall–Kier alpha value is -1.09. The van der Waals surface area contributed by atoms with Gasteiger partial charge in [-0.15, -0.1) is 0 Å². The number of nitrogens with zero attached hydrogens (tertiary/aromatic N) is 2. The van der Waals surface area contributed by atoms with E-state index in [-0.39, 0.29) is 0 Å². The molecule has 0 amide bonds. The molecule has 3 saturated heterocycles. The molecule has 3 aliphatic heterocycles. The molecule has 3 heteroatoms. The molecule has 0 unspecified atom stereocenters. The van der Waals surface area contributed by atoms with Gasteiger partial charge in [-0.05, 0) is 62.8 Å². The summed E-state index contributed by atoms with van der Waals surface area (Å²) in [7, 11) is 0. The summed E-state index contributed by atoms with van der Waals surface area (Å²) < 4.78 is 5.44. The Morgan fingerprint density at radius 1 is 1.33 bits per heavy atom. The zero-order valence-corrected chi connectivity index (χ0v) is 13.6. The van der Waals surface area contributed by atoms with Crippen LogP contribution in [0.25, 0.3) is 6.08 Å². The molecule has 1 aromatic heterocycles. The zero-order chi connectivity index (χ0) is 14.8. The number of piperidine rings is 3. The maximum absolute atomic E-state index is 5.44. The van der Waals surface area contributed by atoms with Gasteiger partial charge in [0.1, 0.15) is 0 Å². The van der Waals surface area contributed by atoms with E-state index >= 15 is 0 Å². The molecule has 0 aliphatic carbocycles. The maximum atomic E-state index is 5.44. The van der Waals surface area contributed by atoms with Gasteiger partial charge in [0.2, 0.25) is 0 Å². The molecule has 0 radical (unpaired) electrons. The van der Waals surface area contributed by atoms with E-state index < -0.39 is 0 Å². The Labute approximate surface area is 128 Å². The highest BCUT2D eigenvalue weighted by Gasteiger charge is 2.38. The van der Waals surface area contributed by atoms with Crippen LogP contribution in [0.1, 0.15) is 57.4 Å². The van der Waals surface area contributed by atoms with Gasteiger partial charge in [0.25, 0.3) is 0 Å². The van der Waals surface area contributed by atoms with Crippen molar-refractivity contribution in [1.29, 1.82) is 0 Å². The molecule has 0 N–H and O–H groups in total. The zero-order valence-electron chi connectivity index (χ0n) is 13.6. The minimum absolute atomic E-state index is 0.632. The Morgan fingerprint density at radius 3 is 2.62 bits per heavy atom. The van der Waals surface area contributed by atoms with Crippen LogP contribution in [0.15, 0.2) is 16.2 Å². The lowest BCUT2D eigenvalue weighted by Crippen LogP contribution is -2.50. The second-order valence-corrected chi connectivity index (χ2v) is 6.76. The fourth-order valence-electron chi connectivity index (χ4n) is 4.08. The molecule has 4 heterocycles. The van der Waals surface area contributed by atoms with Crippen molar-refractivity contribution >= 4 is 6.08 Å². The highest BCUT2D eigenvalue weighted by molar-refractivity contribution is 5.51. The second kappa shape index (κ2) is 6.35. The summed E-state index contributed by atoms with van der Waals surface area (Å²) >= 11 is 0. The molecule has 3 nitrogen and oxygen atoms in total. The van der Waals surface area contributed by atoms with Crippen molar-refractivity contribution in [3.63, 3.8) is 0 Å². The van der Waals surface area contributed by atoms with Crippen LogP contribution in [-0.4, -0.2) is 29.2 Å². The van der Waals surface area contributed by atoms with E-state index in [1.807, 2.05) is 6.92 Å². The van der Waals surface area contributed by atoms with Crippen molar-refractivity contribution in [2.24, 2.45) is 11.8 Å². The number of fused-ring (bicyclic) bond motifs is 3. The van der Waals surface area contributed by atoms with Crippen molar-refractivity contribution in [3.8, 4) is 0 Å². The number of hydrogen-bond donors (Lipinski definition) is 0. The molecule has 3 fully saturated rings. The van der Waals surface area contributed by atoms with Crippen LogP contribution in [0, 0.1) is 18.8 Å². The largest absolute Gasteiger partial charge is 0.357 e. The fourth-order valence-corrected chi connectivity index (χ4v) is 4.08. The highest BCUT2D eigenvalue weighted by Crippen LogP contribution is 2.40. The quantitative estimate of drug-likeness (QED) is 0.809. The molecular weight excluding hydrogens is 260 g/mol. The third-order valence-corrected chi connectivity index (χ3v) is 5.49. The summed E-state index contributed by atoms with van der Waals surface area (Å²) in [4.78, 5) is 2.70. The first-order valence-corrected chi connectivity index (χ1v) is 8.60. The molecule has 0 saturated carbocycles. The summed E-state index contributed by atoms with van der Waals surface area (Å²) in [6.07, 6.45) is 8.82. The molecule has 3 aliphatic rings. The van der Waals surface area contributed by atoms with E-state index in [2.05, 4.69) is 36.0 Å². The third kappa shape index (κ3) is 3.08. The molecule has 0 spiro atoms. The molecule has 1 atom stereocenters. The SMILES string of the molecule is CCC(CC)C[C@H]1/C(=C\c2cc(C)no2)C2CCN1CC2. The molecular formula is C18H28N2O. The van der Waals surface area contributed by atoms with Crippen LogP contribution in [0.5, 0.6) is 0 Å². The first-order chi connectivity index (χ1) is 10.2. The van der Waals surface area contributed by atoms with E-state index in [4.69, 9.17) is 4.52 Å². The molecule has 4 rings (SSSR count). The van der Waals surface area contributed by atoms with Gasteiger partial charge in [0, 0.05) is 12.1 Å². The monoisotopic (exact) mass is 288 g/mol. The molecule has 21 heavy (non-hydrogen) atoms. The Bertz CT molecular complexity index is 493. The molecule has 2 bridgehead atoms. The summed E-state index contributed by atoms with van der Waals surface area (Å²) in [6, 6.07) is 2.69. The predicted octanol–water partition coefficient (Wildman–Crippen LogP) is 4.29. The summed E-state index contributed by atoms with van der Waals surface area (Å²) in [5.74, 6) is 2.54. The standard InChI is InChI=1S/C18H28N2O/c1-4-14(5-2)11-18-17(12-16-10-13(3)19-21-16)15-6-8-20(18)9-7-15/h10,12,14-15,18H,4-9,11H2,1-3H3/b17-12-/t18-/m0/s1. The van der Waals surface area contributed by atoms with Gasteiger partial charge in [0.05, 0.1) is 5.69 Å². The normalized spacial score (nSPS) is 30.5. The number of hydrogen-bond acceptors (Lipinski definition) is 3. The van der Waals surface area contributed by atoms with E-state index in [1.165, 1.54) is 45.2 Å². The number of aryl methyl sites for hydroxylation is 1. The van der Waals surface area contributed by atoms with Gasteiger partial charge in [-0.1, -0.05) is 31.8 Å². The van der Waals surface area contributed by atoms with E-state index in [9.17, 15) is 0 Å². The van der Waals surface area contributed by atoms with E-state index in [0.29, 0.717) is 6.04 Å². The lowest BCUT2D eigenvalue weighted by molar-refractivity contribution is 0.0881. The van der Waals surface area contributed by atoms with Crippen LogP contribution >= 0.6 is 0 Å². The molecule has 116 valence electrons. The topological polar surface area (TPSA) is 29.3 Å². The Balaban J connectivity index is 1.85. The van der Waals surface area contributed by atoms with Crippen LogP contribution in [0.2, 0.25) is 0 Å². The molecule has 0 aromatic carbocycles. The van der Waals surface area contributed by atoms with Gasteiger partial charge < -0.3 is 4.52 Å². The van der Waals surface area contributed by atoms with Crippen LogP contribution < -0.4 is 0 Å². The second-order valence-electron chi connectivity index (χ2n) is 6.76. The number of aromatic nitrogens is 1. The van der Waals surface area contributed by atoms with Crippen LogP contribution in [-0.2, 0) is 0 Å². The van der Waals surface area contributed by atoms with Gasteiger partial charge >= 0.3 is 0 Å². The van der Waals surface area contributed by atoms with Crippen LogP contribution in [0.4, 0.5) is 0 Å². The molecule has 1 aromatic rings. The average Bonchev–Trinajstić information content (AvgIpc) is 2.92. The van der Waals surface area contributed by atoms with Crippen molar-refractivity contribution in [3.05, 3.63) is 23.1 Å². The van der Waals surface area contributed by atoms with Crippen molar-refractivity contribution in [2.75, 3.05) is 13.1 Å². The first kappa shape index (κ1) is 14.8. The van der Waals surface area contributed by atoms with Gasteiger partial charge in [-0.2, -0.15) is 0 Å². The summed E-state index contributed by atoms with van der Waals surface area (Å²) in [5, 5.41) is 4.03.